The molecule has 822 valence electrons. The van der Waals surface area contributed by atoms with E-state index in [1.807, 2.05) is 83.1 Å². The zero-order valence-corrected chi connectivity index (χ0v) is 88.4. The van der Waals surface area contributed by atoms with E-state index in [2.05, 4.69) is 25.6 Å². The Hall–Kier alpha value is -13.5. The third kappa shape index (κ3) is 39.2. The largest absolute Gasteiger partial charge is 0.446 e. The number of anilines is 1. The van der Waals surface area contributed by atoms with Crippen LogP contribution >= 0.6 is 11.8 Å². The maximum absolute atomic E-state index is 12.3. The van der Waals surface area contributed by atoms with Crippen molar-refractivity contribution in [3.05, 3.63) is 29.8 Å². The van der Waals surface area contributed by atoms with Crippen LogP contribution in [0.4, 0.5) is 5.69 Å². The van der Waals surface area contributed by atoms with Crippen molar-refractivity contribution in [3.8, 4) is 0 Å². The van der Waals surface area contributed by atoms with Gasteiger partial charge in [0.15, 0.2) is 22.6 Å². The predicted octanol–water partition coefficient (Wildman–Crippen LogP) is 4.91. The third-order valence-electron chi connectivity index (χ3n) is 24.0. The molecule has 51 heteroatoms. The molecule has 0 aromatic heterocycles. The molecule has 12 atom stereocenters. The van der Waals surface area contributed by atoms with Crippen molar-refractivity contribution in [2.45, 2.75) is 294 Å². The second-order valence-electron chi connectivity index (χ2n) is 39.3. The number of nitrogens with zero attached hydrogens (tertiary/aromatic N) is 8. The molecule has 8 saturated heterocycles. The summed E-state index contributed by atoms with van der Waals surface area (Å²) in [5.74, 6) is -18.2. The van der Waals surface area contributed by atoms with E-state index in [1.54, 1.807) is 46.8 Å². The first kappa shape index (κ1) is 124. The molecule has 0 bridgehead atoms. The molecule has 1 aromatic carbocycles. The second-order valence-corrected chi connectivity index (χ2v) is 42.9. The van der Waals surface area contributed by atoms with Crippen molar-refractivity contribution in [1.82, 2.24) is 50.6 Å². The lowest BCUT2D eigenvalue weighted by Gasteiger charge is -2.20. The van der Waals surface area contributed by atoms with Crippen LogP contribution in [0, 0.1) is 76.9 Å². The summed E-state index contributed by atoms with van der Waals surface area (Å²) in [7, 11) is -4.72. The summed E-state index contributed by atoms with van der Waals surface area (Å²) in [5, 5.41) is 7.80. The fourth-order valence-electron chi connectivity index (χ4n) is 15.5. The van der Waals surface area contributed by atoms with Crippen molar-refractivity contribution in [2.24, 2.45) is 76.9 Å². The number of carbonyl (C=O) groups is 29. The number of rotatable bonds is 43. The van der Waals surface area contributed by atoms with Gasteiger partial charge >= 0.3 is 35.8 Å². The lowest BCUT2D eigenvalue weighted by Crippen LogP contribution is -2.41. The molecule has 9 aliphatic rings. The second kappa shape index (κ2) is 58.5. The molecule has 1 saturated carbocycles. The minimum atomic E-state index is -4.72. The smallest absolute Gasteiger partial charge is 0.363 e. The summed E-state index contributed by atoms with van der Waals surface area (Å²) in [5.41, 5.74) is 0.733. The number of Topliss-reactive ketones (excluding diaryl/α,β-unsaturated/α-hetero) is 4. The Morgan fingerprint density at radius 2 is 0.819 bits per heavy atom. The fourth-order valence-corrected chi connectivity index (χ4v) is 17.7. The van der Waals surface area contributed by atoms with E-state index in [0.29, 0.717) is 38.8 Å². The standard InChI is InChI=1S/C27H38N4O10.C17H20N2O5.C16H21NO6.C15H20N2O6.C13H21NO7S2.C10H15NO4/c1-16(2)20-14-23(36)30(27(20)40)12-4-5-18(32)6-8-22(35)29-15-19(33)7-9-21(34)28-11-10-25(38)41-31-24(37)13-17(3)26(31)39;1-10(2)8-14(20)18-13-6-4-12(5-7-13)17(23)24-19-15(21)9-11(3)16(19)22;1-8(2)10-7-12(19)17(16(10)22)5-4-13(20)23-15-11(18)6-9(3)14(15)21;1-9(2)10-8-13(20)16(15(10)22)7-3-4-14(21)23-17-11(18)5-6-12(17)19;1-7(2)22-9(4)6-10(23(18,19)20)13(17)21-14-11(15)5-8(3)12(14)16;1-6(2)4-9(13)15-11-8(12)5-7(3)10(11)14/h16-17,20H,4-15H2,1-3H3,(H,28,34)(H,29,35);4-7,10-11H,8-9H2,1-3H3,(H,18,20);8-10,15H,4-7H2,1-3H3;9-10H,3-8H2,1-2H3;7-10H,5-6H2,1-4H3,(H,18,19,20);6-7H,4-5H2,1-3H3/i;;;5D;;. The molecule has 12 unspecified atom stereocenters. The van der Waals surface area contributed by atoms with Crippen LogP contribution in [0.1, 0.15) is 284 Å². The lowest BCUT2D eigenvalue weighted by atomic mass is 9.94. The monoisotopic (exact) mass is 2140 g/mol. The van der Waals surface area contributed by atoms with Gasteiger partial charge in [0.05, 0.1) is 31.4 Å². The average Bonchev–Trinajstić information content (AvgIpc) is 1.43. The van der Waals surface area contributed by atoms with Gasteiger partial charge in [0.2, 0.25) is 59.3 Å². The van der Waals surface area contributed by atoms with E-state index in [-0.39, 0.29) is 283 Å². The quantitative estimate of drug-likeness (QED) is 0.0292. The summed E-state index contributed by atoms with van der Waals surface area (Å²) in [4.78, 5) is 368. The van der Waals surface area contributed by atoms with E-state index in [4.69, 9.17) is 20.6 Å². The topological polar surface area (TPSA) is 667 Å². The molecule has 8 aliphatic heterocycles. The van der Waals surface area contributed by atoms with Crippen LogP contribution in [-0.2, 0) is 173 Å². The Bertz CT molecular complexity index is 5450. The van der Waals surface area contributed by atoms with E-state index < -0.39 is 176 Å². The first-order chi connectivity index (χ1) is 69.8. The Kier molecular flexibility index (Phi) is 48.7. The highest BCUT2D eigenvalue weighted by Gasteiger charge is 2.49. The molecule has 149 heavy (non-hydrogen) atoms. The summed E-state index contributed by atoms with van der Waals surface area (Å²) in [6, 6.07) is 6.04. The number of carbonyl (C=O) groups excluding carboxylic acids is 29. The third-order valence-corrected chi connectivity index (χ3v) is 26.3. The van der Waals surface area contributed by atoms with E-state index >= 15 is 0 Å². The van der Waals surface area contributed by atoms with Gasteiger partial charge in [0.25, 0.3) is 69.2 Å². The van der Waals surface area contributed by atoms with Crippen molar-refractivity contribution >= 4 is 199 Å². The van der Waals surface area contributed by atoms with Gasteiger partial charge in [0, 0.05) is 195 Å². The summed E-state index contributed by atoms with van der Waals surface area (Å²) < 4.78 is 44.4. The van der Waals surface area contributed by atoms with Gasteiger partial charge in [-0.05, 0) is 78.4 Å². The van der Waals surface area contributed by atoms with E-state index in [0.717, 1.165) is 9.80 Å². The number of nitrogens with one attached hydrogen (secondary N) is 3. The molecule has 4 N–H and O–H groups in total. The number of benzene rings is 1. The van der Waals surface area contributed by atoms with Gasteiger partial charge < -0.3 is 44.9 Å². The first-order valence-electron chi connectivity index (χ1n) is 49.6. The summed E-state index contributed by atoms with van der Waals surface area (Å²) in [6.07, 6.45) is -2.36. The zero-order valence-electron chi connectivity index (χ0n) is 87.7. The fraction of sp³-hybridized carbons (Fsp3) is 0.643. The lowest BCUT2D eigenvalue weighted by molar-refractivity contribution is -0.198. The minimum Gasteiger partial charge on any atom is -0.446 e. The van der Waals surface area contributed by atoms with Gasteiger partial charge in [-0.15, -0.1) is 25.3 Å². The van der Waals surface area contributed by atoms with Crippen molar-refractivity contribution in [1.29, 1.82) is 0 Å². The maximum Gasteiger partial charge on any atom is 0.363 e. The Labute approximate surface area is 866 Å². The number of hydrogen-bond donors (Lipinski definition) is 4. The van der Waals surface area contributed by atoms with Gasteiger partial charge in [-0.25, -0.2) is 24.0 Å². The minimum absolute atomic E-state index is 0.0347. The number of amides is 19. The Morgan fingerprint density at radius 1 is 0.409 bits per heavy atom. The summed E-state index contributed by atoms with van der Waals surface area (Å²) >= 11 is 1.43. The van der Waals surface area contributed by atoms with Crippen LogP contribution in [0.2, 0.25) is 0 Å². The normalized spacial score (nSPS) is 21.7. The highest BCUT2D eigenvalue weighted by Crippen LogP contribution is 2.33. The van der Waals surface area contributed by atoms with Crippen molar-refractivity contribution in [3.63, 3.8) is 0 Å². The number of hydroxylamine groups is 10. The molecule has 0 spiro atoms. The summed E-state index contributed by atoms with van der Waals surface area (Å²) in [6.45, 7) is 32.0. The average molecular weight is 2140 g/mol. The molecule has 49 nitrogen and oxygen atoms in total. The van der Waals surface area contributed by atoms with Crippen molar-refractivity contribution in [2.75, 3.05) is 38.0 Å². The van der Waals surface area contributed by atoms with E-state index in [1.165, 1.54) is 35.7 Å². The number of thioether (sulfide) groups is 1. The number of ether oxygens (including phenoxy) is 1. The zero-order chi connectivity index (χ0) is 113. The van der Waals surface area contributed by atoms with Crippen molar-refractivity contribution < 1.29 is 182 Å². The van der Waals surface area contributed by atoms with E-state index in [9.17, 15) is 152 Å². The van der Waals surface area contributed by atoms with Crippen LogP contribution < -0.4 is 16.0 Å². The van der Waals surface area contributed by atoms with Gasteiger partial charge in [-0.1, -0.05) is 125 Å². The molecule has 19 amide bonds. The van der Waals surface area contributed by atoms with Crippen LogP contribution in [0.3, 0.4) is 0 Å². The Balaban J connectivity index is 0.000000324. The maximum atomic E-state index is 12.3. The van der Waals surface area contributed by atoms with Gasteiger partial charge in [0.1, 0.15) is 5.78 Å². The van der Waals surface area contributed by atoms with Crippen LogP contribution in [0.15, 0.2) is 24.3 Å². The van der Waals surface area contributed by atoms with Crippen LogP contribution in [0.25, 0.3) is 0 Å². The number of imide groups is 8. The molecular weight excluding hydrogens is 2000 g/mol. The van der Waals surface area contributed by atoms with Gasteiger partial charge in [-0.2, -0.15) is 20.2 Å². The molecule has 8 heterocycles. The van der Waals surface area contributed by atoms with Crippen LogP contribution in [-0.4, -0.2) is 279 Å². The number of esters is 1. The molecule has 1 aromatic rings. The SMILES string of the molecule is CC(C)CC(=O)Nc1ccc(C(=O)ON2C(=O)CC(C)C2=O)cc1.CC(C)CC(=O)ON1C(=O)CC(C)C1=O.CC(C)SC(C)CC(C(=O)ON1C(=O)CC(C)C1=O)S(=O)(=O)O.CC1CC(=O)C(OC(=O)CCN2C(=O)CC(C(C)C)C2=O)C1=O.CC1CC(=O)N(OC(=O)CCNC(=O)CCC(=O)CNC(=O)CCC(=O)CCCN2C(=O)CC(C(C)C)C2=O)C1=O.[2H]C1CC(=O)N(OC(=O)CCCN2C(=O)CC(C(C)C)C2=O)C1=O. The van der Waals surface area contributed by atoms with Gasteiger partial charge in [-0.3, -0.25) is 134 Å². The Morgan fingerprint density at radius 3 is 1.21 bits per heavy atom. The molecule has 1 aliphatic carbocycles. The molecule has 0 radical (unpaired) electrons. The number of hydrogen-bond acceptors (Lipinski definition) is 38. The number of ketones is 4. The first-order valence-corrected chi connectivity index (χ1v) is 51.5. The highest BCUT2D eigenvalue weighted by molar-refractivity contribution is 8.00. The van der Waals surface area contributed by atoms with Crippen LogP contribution in [0.5, 0.6) is 0 Å². The molecular formula is C98H135N11O38S2. The molecule has 9 fully saturated rings. The predicted molar refractivity (Wildman–Crippen MR) is 514 cm³/mol. The molecule has 10 rings (SSSR count). The highest BCUT2D eigenvalue weighted by atomic mass is 32.2. The number of likely N-dealkylation sites (tertiary alicyclic amines) is 3.